The van der Waals surface area contributed by atoms with Gasteiger partial charge in [-0.15, -0.1) is 0 Å². The number of carboxylic acid groups (broad SMARTS) is 1. The molecule has 0 aliphatic heterocycles. The second-order valence-corrected chi connectivity index (χ2v) is 1.97. The molecule has 66 valence electrons. The van der Waals surface area contributed by atoms with Gasteiger partial charge < -0.3 is 9.52 Å². The fraction of sp³-hybridized carbons (Fsp3) is 0.167. The molecule has 1 rings (SSSR count). The maximum Gasteiger partial charge on any atom is 0.420 e. The van der Waals surface area contributed by atoms with Crippen LogP contribution in [-0.4, -0.2) is 11.1 Å². The van der Waals surface area contributed by atoms with Crippen molar-refractivity contribution >= 4 is 5.97 Å². The molecule has 12 heavy (non-hydrogen) atoms. The average Bonchev–Trinajstić information content (AvgIpc) is 2.30. The van der Waals surface area contributed by atoms with Gasteiger partial charge in [0.25, 0.3) is 0 Å². The Labute approximate surface area is 64.4 Å². The Morgan fingerprint density at radius 1 is 1.50 bits per heavy atom. The first-order valence-corrected chi connectivity index (χ1v) is 2.81. The van der Waals surface area contributed by atoms with Crippen molar-refractivity contribution in [3.63, 3.8) is 0 Å². The zero-order chi connectivity index (χ0) is 9.35. The Kier molecular flexibility index (Phi) is 1.83. The molecular weight excluding hydrogens is 177 g/mol. The van der Waals surface area contributed by atoms with Crippen LogP contribution in [0.4, 0.5) is 13.2 Å². The number of hydrogen-bond donors (Lipinski definition) is 1. The van der Waals surface area contributed by atoms with Gasteiger partial charge in [0.1, 0.15) is 5.56 Å². The second-order valence-electron chi connectivity index (χ2n) is 1.97. The molecule has 0 fully saturated rings. The third-order valence-corrected chi connectivity index (χ3v) is 1.16. The molecule has 0 aromatic carbocycles. The first-order chi connectivity index (χ1) is 5.43. The predicted molar refractivity (Wildman–Crippen MR) is 30.7 cm³/mol. The van der Waals surface area contributed by atoms with Gasteiger partial charge in [0.15, 0.2) is 0 Å². The zero-order valence-corrected chi connectivity index (χ0v) is 5.55. The van der Waals surface area contributed by atoms with Crippen LogP contribution >= 0.6 is 0 Å². The van der Waals surface area contributed by atoms with Gasteiger partial charge in [-0.25, -0.2) is 4.79 Å². The first-order valence-electron chi connectivity index (χ1n) is 2.81. The number of hydrogen-bond acceptors (Lipinski definition) is 2. The van der Waals surface area contributed by atoms with Crippen LogP contribution in [0.3, 0.4) is 0 Å². The SMILES string of the molecule is O=C(O)c1occc1C(F)(F)F. The lowest BCUT2D eigenvalue weighted by Crippen LogP contribution is -2.09. The molecule has 0 unspecified atom stereocenters. The third-order valence-electron chi connectivity index (χ3n) is 1.16. The summed E-state index contributed by atoms with van der Waals surface area (Å²) >= 11 is 0. The zero-order valence-electron chi connectivity index (χ0n) is 5.55. The van der Waals surface area contributed by atoms with E-state index in [1.165, 1.54) is 0 Å². The van der Waals surface area contributed by atoms with Crippen LogP contribution in [0.1, 0.15) is 16.1 Å². The molecule has 6 heteroatoms. The van der Waals surface area contributed by atoms with Gasteiger partial charge in [-0.05, 0) is 6.07 Å². The van der Waals surface area contributed by atoms with Crippen molar-refractivity contribution in [3.8, 4) is 0 Å². The maximum atomic E-state index is 11.9. The van der Waals surface area contributed by atoms with Crippen molar-refractivity contribution in [1.29, 1.82) is 0 Å². The van der Waals surface area contributed by atoms with Crippen LogP contribution in [0.25, 0.3) is 0 Å². The second kappa shape index (κ2) is 2.54. The molecule has 1 N–H and O–H groups in total. The lowest BCUT2D eigenvalue weighted by molar-refractivity contribution is -0.138. The highest BCUT2D eigenvalue weighted by molar-refractivity contribution is 5.86. The highest BCUT2D eigenvalue weighted by Gasteiger charge is 2.37. The lowest BCUT2D eigenvalue weighted by atomic mass is 10.2. The molecule has 0 bridgehead atoms. The lowest BCUT2D eigenvalue weighted by Gasteiger charge is -2.02. The Balaban J connectivity index is 3.17. The largest absolute Gasteiger partial charge is 0.475 e. The fourth-order valence-electron chi connectivity index (χ4n) is 0.698. The first kappa shape index (κ1) is 8.63. The molecule has 1 aromatic heterocycles. The van der Waals surface area contributed by atoms with E-state index >= 15 is 0 Å². The molecule has 0 amide bonds. The third kappa shape index (κ3) is 1.41. The van der Waals surface area contributed by atoms with Gasteiger partial charge in [-0.3, -0.25) is 0 Å². The van der Waals surface area contributed by atoms with Crippen LogP contribution in [0.2, 0.25) is 0 Å². The Bertz CT molecular complexity index is 299. The molecule has 3 nitrogen and oxygen atoms in total. The van der Waals surface area contributed by atoms with E-state index in [1.54, 1.807) is 0 Å². The average molecular weight is 180 g/mol. The van der Waals surface area contributed by atoms with E-state index in [4.69, 9.17) is 5.11 Å². The summed E-state index contributed by atoms with van der Waals surface area (Å²) in [6, 6.07) is 0.573. The standard InChI is InChI=1S/C6H3F3O3/c7-6(8,9)3-1-2-12-4(3)5(10)11/h1-2H,(H,10,11). The summed E-state index contributed by atoms with van der Waals surface area (Å²) in [7, 11) is 0. The molecule has 0 saturated heterocycles. The van der Waals surface area contributed by atoms with E-state index in [1.807, 2.05) is 0 Å². The van der Waals surface area contributed by atoms with E-state index < -0.39 is 23.5 Å². The molecular formula is C6H3F3O3. The highest BCUT2D eigenvalue weighted by Crippen LogP contribution is 2.32. The number of rotatable bonds is 1. The summed E-state index contributed by atoms with van der Waals surface area (Å²) in [5.41, 5.74) is -1.27. The van der Waals surface area contributed by atoms with Crippen molar-refractivity contribution < 1.29 is 27.5 Å². The van der Waals surface area contributed by atoms with Gasteiger partial charge in [-0.2, -0.15) is 13.2 Å². The molecule has 0 aliphatic carbocycles. The van der Waals surface area contributed by atoms with Gasteiger partial charge in [0.05, 0.1) is 6.26 Å². The maximum absolute atomic E-state index is 11.9. The monoisotopic (exact) mass is 180 g/mol. The Morgan fingerprint density at radius 3 is 2.42 bits per heavy atom. The topological polar surface area (TPSA) is 50.4 Å². The van der Waals surface area contributed by atoms with E-state index in [0.29, 0.717) is 12.3 Å². The van der Waals surface area contributed by atoms with Crippen LogP contribution in [-0.2, 0) is 6.18 Å². The molecule has 0 saturated carbocycles. The summed E-state index contributed by atoms with van der Waals surface area (Å²) in [6.45, 7) is 0. The fourth-order valence-corrected chi connectivity index (χ4v) is 0.698. The van der Waals surface area contributed by atoms with Crippen molar-refractivity contribution in [2.45, 2.75) is 6.18 Å². The summed E-state index contributed by atoms with van der Waals surface area (Å²) in [6.07, 6.45) is -3.99. The van der Waals surface area contributed by atoms with Gasteiger partial charge in [0, 0.05) is 0 Å². The smallest absolute Gasteiger partial charge is 0.420 e. The highest BCUT2D eigenvalue weighted by atomic mass is 19.4. The van der Waals surface area contributed by atoms with Crippen LogP contribution < -0.4 is 0 Å². The normalized spacial score (nSPS) is 11.6. The Morgan fingerprint density at radius 2 is 2.08 bits per heavy atom. The molecule has 0 radical (unpaired) electrons. The minimum atomic E-state index is -4.68. The minimum absolute atomic E-state index is 0.573. The van der Waals surface area contributed by atoms with Crippen molar-refractivity contribution in [1.82, 2.24) is 0 Å². The molecule has 1 aromatic rings. The number of halogens is 3. The number of alkyl halides is 3. The number of carbonyl (C=O) groups is 1. The molecule has 0 atom stereocenters. The predicted octanol–water partition coefficient (Wildman–Crippen LogP) is 2.00. The number of furan rings is 1. The molecule has 0 spiro atoms. The van der Waals surface area contributed by atoms with Gasteiger partial charge in [-0.1, -0.05) is 0 Å². The van der Waals surface area contributed by atoms with Gasteiger partial charge in [0.2, 0.25) is 5.76 Å². The number of carboxylic acids is 1. The summed E-state index contributed by atoms with van der Waals surface area (Å²) in [4.78, 5) is 10.1. The van der Waals surface area contributed by atoms with E-state index in [-0.39, 0.29) is 0 Å². The molecule has 1 heterocycles. The van der Waals surface area contributed by atoms with Crippen LogP contribution in [0, 0.1) is 0 Å². The van der Waals surface area contributed by atoms with Crippen molar-refractivity contribution in [2.24, 2.45) is 0 Å². The Hall–Kier alpha value is -1.46. The van der Waals surface area contributed by atoms with Crippen LogP contribution in [0.15, 0.2) is 16.7 Å². The van der Waals surface area contributed by atoms with Gasteiger partial charge >= 0.3 is 12.1 Å². The summed E-state index contributed by atoms with van der Waals surface area (Å²) < 4.78 is 39.9. The molecule has 0 aliphatic rings. The van der Waals surface area contributed by atoms with Crippen LogP contribution in [0.5, 0.6) is 0 Å². The summed E-state index contributed by atoms with van der Waals surface area (Å²) in [5.74, 6) is -2.81. The minimum Gasteiger partial charge on any atom is -0.475 e. The van der Waals surface area contributed by atoms with Crippen molar-refractivity contribution in [2.75, 3.05) is 0 Å². The van der Waals surface area contributed by atoms with E-state index in [9.17, 15) is 18.0 Å². The summed E-state index contributed by atoms with van der Waals surface area (Å²) in [5, 5.41) is 8.22. The van der Waals surface area contributed by atoms with E-state index in [2.05, 4.69) is 4.42 Å². The van der Waals surface area contributed by atoms with E-state index in [0.717, 1.165) is 0 Å². The quantitative estimate of drug-likeness (QED) is 0.718. The number of aromatic carboxylic acids is 1. The van der Waals surface area contributed by atoms with Crippen molar-refractivity contribution in [3.05, 3.63) is 23.7 Å².